The minimum atomic E-state index is -0.783. The molecule has 0 aliphatic heterocycles. The van der Waals surface area contributed by atoms with E-state index in [4.69, 9.17) is 9.47 Å². The monoisotopic (exact) mass is 276 g/mol. The first-order valence-corrected chi connectivity index (χ1v) is 6.32. The molecule has 0 bridgehead atoms. The fraction of sp³-hybridized carbons (Fsp3) is 0.250. The van der Waals surface area contributed by atoms with Crippen LogP contribution < -0.4 is 9.47 Å². The summed E-state index contributed by atoms with van der Waals surface area (Å²) in [6, 6.07) is 10.1. The molecule has 2 aromatic rings. The molecule has 0 saturated heterocycles. The third kappa shape index (κ3) is 2.75. The molecule has 1 N–H and O–H groups in total. The van der Waals surface area contributed by atoms with E-state index in [0.29, 0.717) is 22.6 Å². The Morgan fingerprint density at radius 1 is 1.05 bits per heavy atom. The van der Waals surface area contributed by atoms with Crippen molar-refractivity contribution in [1.29, 1.82) is 0 Å². The van der Waals surface area contributed by atoms with E-state index >= 15 is 0 Å². The van der Waals surface area contributed by atoms with E-state index in [2.05, 4.69) is 0 Å². The van der Waals surface area contributed by atoms with E-state index in [0.717, 1.165) is 0 Å². The topological polar surface area (TPSA) is 38.7 Å². The standard InChI is InChI=1S/C16H17FO3/c1-10-6-4-9-14(16(10)17)20-13-8-5-7-12(19-3)15(13)11(2)18/h4-9,11,18H,1-3H3/t11-/m1/s1. The molecule has 0 amide bonds. The smallest absolute Gasteiger partial charge is 0.168 e. The van der Waals surface area contributed by atoms with Crippen molar-refractivity contribution in [3.8, 4) is 17.2 Å². The number of hydrogen-bond acceptors (Lipinski definition) is 3. The van der Waals surface area contributed by atoms with Gasteiger partial charge < -0.3 is 14.6 Å². The number of halogens is 1. The third-order valence-electron chi connectivity index (χ3n) is 3.04. The fourth-order valence-electron chi connectivity index (χ4n) is 2.02. The Bertz CT molecular complexity index is 609. The summed E-state index contributed by atoms with van der Waals surface area (Å²) in [5, 5.41) is 9.86. The average molecular weight is 276 g/mol. The lowest BCUT2D eigenvalue weighted by Crippen LogP contribution is -2.01. The summed E-state index contributed by atoms with van der Waals surface area (Å²) < 4.78 is 24.8. The number of aryl methyl sites for hydroxylation is 1. The molecule has 0 saturated carbocycles. The Labute approximate surface area is 117 Å². The lowest BCUT2D eigenvalue weighted by molar-refractivity contribution is 0.190. The van der Waals surface area contributed by atoms with Crippen LogP contribution in [0.5, 0.6) is 17.2 Å². The molecule has 0 spiro atoms. The zero-order chi connectivity index (χ0) is 14.7. The summed E-state index contributed by atoms with van der Waals surface area (Å²) >= 11 is 0. The second-order valence-corrected chi connectivity index (χ2v) is 4.54. The van der Waals surface area contributed by atoms with Crippen LogP contribution in [-0.4, -0.2) is 12.2 Å². The van der Waals surface area contributed by atoms with E-state index < -0.39 is 11.9 Å². The van der Waals surface area contributed by atoms with Crippen LogP contribution in [0.2, 0.25) is 0 Å². The van der Waals surface area contributed by atoms with Gasteiger partial charge in [-0.3, -0.25) is 0 Å². The number of rotatable bonds is 4. The highest BCUT2D eigenvalue weighted by atomic mass is 19.1. The summed E-state index contributed by atoms with van der Waals surface area (Å²) in [7, 11) is 1.51. The highest BCUT2D eigenvalue weighted by Gasteiger charge is 2.17. The zero-order valence-corrected chi connectivity index (χ0v) is 11.7. The quantitative estimate of drug-likeness (QED) is 0.917. The van der Waals surface area contributed by atoms with Gasteiger partial charge in [0.05, 0.1) is 18.8 Å². The van der Waals surface area contributed by atoms with Gasteiger partial charge >= 0.3 is 0 Å². The number of aliphatic hydroxyl groups is 1. The van der Waals surface area contributed by atoms with Gasteiger partial charge in [-0.25, -0.2) is 4.39 Å². The second-order valence-electron chi connectivity index (χ2n) is 4.54. The summed E-state index contributed by atoms with van der Waals surface area (Å²) in [5.41, 5.74) is 1.000. The normalized spacial score (nSPS) is 12.1. The predicted octanol–water partition coefficient (Wildman–Crippen LogP) is 3.99. The summed E-state index contributed by atoms with van der Waals surface area (Å²) in [5.74, 6) is 0.599. The largest absolute Gasteiger partial charge is 0.496 e. The average Bonchev–Trinajstić information content (AvgIpc) is 2.43. The number of ether oxygens (including phenoxy) is 2. The first-order chi connectivity index (χ1) is 9.54. The van der Waals surface area contributed by atoms with E-state index in [1.807, 2.05) is 0 Å². The highest BCUT2D eigenvalue weighted by Crippen LogP contribution is 2.37. The third-order valence-corrected chi connectivity index (χ3v) is 3.04. The van der Waals surface area contributed by atoms with E-state index in [1.54, 1.807) is 50.2 Å². The number of hydrogen-bond donors (Lipinski definition) is 1. The maximum Gasteiger partial charge on any atom is 0.168 e. The molecule has 2 aromatic carbocycles. The highest BCUT2D eigenvalue weighted by molar-refractivity contribution is 5.48. The van der Waals surface area contributed by atoms with Gasteiger partial charge in [0.1, 0.15) is 11.5 Å². The Morgan fingerprint density at radius 2 is 1.65 bits per heavy atom. The van der Waals surface area contributed by atoms with Crippen LogP contribution in [0.4, 0.5) is 4.39 Å². The van der Waals surface area contributed by atoms with Gasteiger partial charge in [0.2, 0.25) is 0 Å². The van der Waals surface area contributed by atoms with Gasteiger partial charge in [-0.05, 0) is 37.6 Å². The van der Waals surface area contributed by atoms with Crippen molar-refractivity contribution in [3.05, 3.63) is 53.3 Å². The van der Waals surface area contributed by atoms with Gasteiger partial charge in [-0.2, -0.15) is 0 Å². The molecule has 20 heavy (non-hydrogen) atoms. The van der Waals surface area contributed by atoms with Crippen molar-refractivity contribution in [2.45, 2.75) is 20.0 Å². The Kier molecular flexibility index (Phi) is 4.25. The Hall–Kier alpha value is -2.07. The van der Waals surface area contributed by atoms with Crippen LogP contribution in [0.15, 0.2) is 36.4 Å². The molecule has 3 nitrogen and oxygen atoms in total. The van der Waals surface area contributed by atoms with Crippen LogP contribution in [0.1, 0.15) is 24.2 Å². The van der Waals surface area contributed by atoms with Crippen LogP contribution >= 0.6 is 0 Å². The number of benzene rings is 2. The molecule has 0 aliphatic carbocycles. The summed E-state index contributed by atoms with van der Waals surface area (Å²) in [6.45, 7) is 3.28. The lowest BCUT2D eigenvalue weighted by atomic mass is 10.1. The van der Waals surface area contributed by atoms with Crippen molar-refractivity contribution >= 4 is 0 Å². The molecule has 106 valence electrons. The molecular formula is C16H17FO3. The minimum absolute atomic E-state index is 0.125. The van der Waals surface area contributed by atoms with Crippen LogP contribution in [0.25, 0.3) is 0 Å². The molecule has 0 unspecified atom stereocenters. The molecule has 0 heterocycles. The lowest BCUT2D eigenvalue weighted by Gasteiger charge is -2.17. The van der Waals surface area contributed by atoms with Gasteiger partial charge in [0.15, 0.2) is 11.6 Å². The zero-order valence-electron chi connectivity index (χ0n) is 11.7. The Balaban J connectivity index is 2.46. The Morgan fingerprint density at radius 3 is 2.30 bits per heavy atom. The fourth-order valence-corrected chi connectivity index (χ4v) is 2.02. The molecule has 0 radical (unpaired) electrons. The predicted molar refractivity (Wildman–Crippen MR) is 74.8 cm³/mol. The van der Waals surface area contributed by atoms with Gasteiger partial charge in [0.25, 0.3) is 0 Å². The van der Waals surface area contributed by atoms with Gasteiger partial charge in [0, 0.05) is 0 Å². The summed E-state index contributed by atoms with van der Waals surface area (Å²) in [6.07, 6.45) is -0.783. The SMILES string of the molecule is COc1cccc(Oc2cccc(C)c2F)c1[C@@H](C)O. The molecule has 2 rings (SSSR count). The molecule has 0 aromatic heterocycles. The first-order valence-electron chi connectivity index (χ1n) is 6.32. The van der Waals surface area contributed by atoms with Crippen LogP contribution in [0.3, 0.4) is 0 Å². The second kappa shape index (κ2) is 5.92. The number of methoxy groups -OCH3 is 1. The van der Waals surface area contributed by atoms with Crippen molar-refractivity contribution in [1.82, 2.24) is 0 Å². The van der Waals surface area contributed by atoms with Crippen molar-refractivity contribution in [3.63, 3.8) is 0 Å². The maximum atomic E-state index is 14.0. The van der Waals surface area contributed by atoms with Gasteiger partial charge in [-0.15, -0.1) is 0 Å². The molecule has 1 atom stereocenters. The molecular weight excluding hydrogens is 259 g/mol. The summed E-state index contributed by atoms with van der Waals surface area (Å²) in [4.78, 5) is 0. The van der Waals surface area contributed by atoms with Crippen LogP contribution in [0, 0.1) is 12.7 Å². The van der Waals surface area contributed by atoms with Crippen molar-refractivity contribution in [2.24, 2.45) is 0 Å². The minimum Gasteiger partial charge on any atom is -0.496 e. The van der Waals surface area contributed by atoms with E-state index in [-0.39, 0.29) is 5.75 Å². The van der Waals surface area contributed by atoms with Gasteiger partial charge in [-0.1, -0.05) is 18.2 Å². The van der Waals surface area contributed by atoms with Crippen molar-refractivity contribution < 1.29 is 19.0 Å². The van der Waals surface area contributed by atoms with Crippen LogP contribution in [-0.2, 0) is 0 Å². The van der Waals surface area contributed by atoms with E-state index in [9.17, 15) is 9.50 Å². The molecule has 4 heteroatoms. The number of aliphatic hydroxyl groups excluding tert-OH is 1. The molecule has 0 fully saturated rings. The molecule has 0 aliphatic rings. The van der Waals surface area contributed by atoms with E-state index in [1.165, 1.54) is 7.11 Å². The maximum absolute atomic E-state index is 14.0. The first kappa shape index (κ1) is 14.3. The van der Waals surface area contributed by atoms with Crippen molar-refractivity contribution in [2.75, 3.05) is 7.11 Å².